The smallest absolute Gasteiger partial charge is 0.242 e. The van der Waals surface area contributed by atoms with Crippen molar-refractivity contribution in [1.82, 2.24) is 0 Å². The van der Waals surface area contributed by atoms with Crippen LogP contribution < -0.4 is 11.1 Å². The SMILES string of the molecule is Cc1ccc(NC(=O)C(Sc2ccc(N)cc2)c2ccccc2)cc1C. The molecule has 26 heavy (non-hydrogen) atoms. The summed E-state index contributed by atoms with van der Waals surface area (Å²) in [5, 5.41) is 2.71. The van der Waals surface area contributed by atoms with Crippen LogP contribution in [0.25, 0.3) is 0 Å². The molecule has 1 amide bonds. The summed E-state index contributed by atoms with van der Waals surface area (Å²) in [4.78, 5) is 14.0. The fraction of sp³-hybridized carbons (Fsp3) is 0.136. The topological polar surface area (TPSA) is 55.1 Å². The Balaban J connectivity index is 1.85. The van der Waals surface area contributed by atoms with Gasteiger partial charge >= 0.3 is 0 Å². The molecule has 3 aromatic rings. The maximum Gasteiger partial charge on any atom is 0.242 e. The number of amides is 1. The van der Waals surface area contributed by atoms with Crippen molar-refractivity contribution >= 4 is 29.0 Å². The monoisotopic (exact) mass is 362 g/mol. The minimum atomic E-state index is -0.346. The molecule has 0 saturated carbocycles. The van der Waals surface area contributed by atoms with Gasteiger partial charge in [-0.25, -0.2) is 0 Å². The molecule has 1 atom stereocenters. The molecule has 1 unspecified atom stereocenters. The maximum absolute atomic E-state index is 13.0. The van der Waals surface area contributed by atoms with E-state index in [1.54, 1.807) is 0 Å². The third-order valence-electron chi connectivity index (χ3n) is 4.25. The second-order valence-electron chi connectivity index (χ2n) is 6.27. The van der Waals surface area contributed by atoms with Gasteiger partial charge in [0.05, 0.1) is 0 Å². The van der Waals surface area contributed by atoms with E-state index < -0.39 is 0 Å². The first-order chi connectivity index (χ1) is 12.5. The normalized spacial score (nSPS) is 11.8. The number of nitrogens with one attached hydrogen (secondary N) is 1. The summed E-state index contributed by atoms with van der Waals surface area (Å²) in [6.45, 7) is 4.10. The zero-order valence-corrected chi connectivity index (χ0v) is 15.7. The largest absolute Gasteiger partial charge is 0.399 e. The number of aryl methyl sites for hydroxylation is 2. The van der Waals surface area contributed by atoms with Crippen molar-refractivity contribution in [2.45, 2.75) is 24.0 Å². The molecule has 3 rings (SSSR count). The van der Waals surface area contributed by atoms with Crippen LogP contribution >= 0.6 is 11.8 Å². The summed E-state index contributed by atoms with van der Waals surface area (Å²) in [6, 6.07) is 23.4. The Morgan fingerprint density at radius 1 is 0.923 bits per heavy atom. The summed E-state index contributed by atoms with van der Waals surface area (Å²) in [5.41, 5.74) is 10.6. The number of carbonyl (C=O) groups is 1. The third kappa shape index (κ3) is 4.46. The molecule has 3 aromatic carbocycles. The molecule has 0 aromatic heterocycles. The van der Waals surface area contributed by atoms with Gasteiger partial charge in [-0.15, -0.1) is 11.8 Å². The Bertz CT molecular complexity index is 892. The highest BCUT2D eigenvalue weighted by atomic mass is 32.2. The molecule has 3 nitrogen and oxygen atoms in total. The van der Waals surface area contributed by atoms with Crippen molar-refractivity contribution in [3.8, 4) is 0 Å². The van der Waals surface area contributed by atoms with Crippen LogP contribution in [0.2, 0.25) is 0 Å². The molecule has 0 aliphatic carbocycles. The molecule has 0 saturated heterocycles. The summed E-state index contributed by atoms with van der Waals surface area (Å²) >= 11 is 1.52. The van der Waals surface area contributed by atoms with Crippen LogP contribution in [0.4, 0.5) is 11.4 Å². The number of carbonyl (C=O) groups excluding carboxylic acids is 1. The quantitative estimate of drug-likeness (QED) is 0.475. The van der Waals surface area contributed by atoms with E-state index in [0.717, 1.165) is 21.7 Å². The Hall–Kier alpha value is -2.72. The predicted molar refractivity (Wildman–Crippen MR) is 110 cm³/mol. The molecule has 132 valence electrons. The second-order valence-corrected chi connectivity index (χ2v) is 7.44. The second kappa shape index (κ2) is 8.11. The minimum Gasteiger partial charge on any atom is -0.399 e. The number of rotatable bonds is 5. The van der Waals surface area contributed by atoms with E-state index in [9.17, 15) is 4.79 Å². The molecule has 0 bridgehead atoms. The molecule has 3 N–H and O–H groups in total. The fourth-order valence-electron chi connectivity index (χ4n) is 2.61. The zero-order chi connectivity index (χ0) is 18.5. The number of thioether (sulfide) groups is 1. The number of anilines is 2. The molecule has 0 radical (unpaired) electrons. The van der Waals surface area contributed by atoms with E-state index in [0.29, 0.717) is 5.69 Å². The molecule has 4 heteroatoms. The van der Waals surface area contributed by atoms with E-state index in [1.807, 2.05) is 79.7 Å². The van der Waals surface area contributed by atoms with Gasteiger partial charge in [0, 0.05) is 16.3 Å². The van der Waals surface area contributed by atoms with Gasteiger partial charge in [-0.3, -0.25) is 4.79 Å². The number of benzene rings is 3. The van der Waals surface area contributed by atoms with E-state index in [2.05, 4.69) is 12.2 Å². The molecular formula is C22H22N2OS. The van der Waals surface area contributed by atoms with Crippen LogP contribution in [0.3, 0.4) is 0 Å². The van der Waals surface area contributed by atoms with Gasteiger partial charge in [-0.2, -0.15) is 0 Å². The molecule has 0 aliphatic rings. The van der Waals surface area contributed by atoms with Crippen molar-refractivity contribution in [1.29, 1.82) is 0 Å². The average Bonchev–Trinajstić information content (AvgIpc) is 2.65. The van der Waals surface area contributed by atoms with Crippen molar-refractivity contribution < 1.29 is 4.79 Å². The number of nitrogens with two attached hydrogens (primary N) is 1. The van der Waals surface area contributed by atoms with Crippen molar-refractivity contribution in [2.24, 2.45) is 0 Å². The number of hydrogen-bond donors (Lipinski definition) is 2. The highest BCUT2D eigenvalue weighted by Crippen LogP contribution is 2.36. The highest BCUT2D eigenvalue weighted by Gasteiger charge is 2.22. The summed E-state index contributed by atoms with van der Waals surface area (Å²) in [6.07, 6.45) is 0. The molecule has 0 spiro atoms. The first-order valence-corrected chi connectivity index (χ1v) is 9.36. The van der Waals surface area contributed by atoms with Gasteiger partial charge < -0.3 is 11.1 Å². The highest BCUT2D eigenvalue weighted by molar-refractivity contribution is 8.00. The lowest BCUT2D eigenvalue weighted by molar-refractivity contribution is -0.115. The third-order valence-corrected chi connectivity index (χ3v) is 5.52. The molecule has 0 heterocycles. The standard InChI is InChI=1S/C22H22N2OS/c1-15-8-11-19(14-16(15)2)24-22(25)21(17-6-4-3-5-7-17)26-20-12-9-18(23)10-13-20/h3-14,21H,23H2,1-2H3,(H,24,25). The fourth-order valence-corrected chi connectivity index (χ4v) is 3.63. The van der Waals surface area contributed by atoms with E-state index in [-0.39, 0.29) is 11.2 Å². The van der Waals surface area contributed by atoms with E-state index in [1.165, 1.54) is 17.3 Å². The van der Waals surface area contributed by atoms with Gasteiger partial charge in [0.1, 0.15) is 5.25 Å². The van der Waals surface area contributed by atoms with Crippen molar-refractivity contribution in [3.63, 3.8) is 0 Å². The van der Waals surface area contributed by atoms with Gasteiger partial charge in [-0.05, 0) is 66.9 Å². The lowest BCUT2D eigenvalue weighted by Gasteiger charge is -2.17. The van der Waals surface area contributed by atoms with Crippen LogP contribution in [0.1, 0.15) is 21.9 Å². The summed E-state index contributed by atoms with van der Waals surface area (Å²) < 4.78 is 0. The van der Waals surface area contributed by atoms with Gasteiger partial charge in [0.25, 0.3) is 0 Å². The Morgan fingerprint density at radius 2 is 1.62 bits per heavy atom. The van der Waals surface area contributed by atoms with Crippen LogP contribution in [-0.4, -0.2) is 5.91 Å². The first kappa shape index (κ1) is 18.1. The van der Waals surface area contributed by atoms with Crippen LogP contribution in [-0.2, 0) is 4.79 Å². The molecule has 0 aliphatic heterocycles. The summed E-state index contributed by atoms with van der Waals surface area (Å²) in [5.74, 6) is -0.0405. The Morgan fingerprint density at radius 3 is 2.27 bits per heavy atom. The maximum atomic E-state index is 13.0. The lowest BCUT2D eigenvalue weighted by Crippen LogP contribution is -2.19. The van der Waals surface area contributed by atoms with Crippen LogP contribution in [0, 0.1) is 13.8 Å². The van der Waals surface area contributed by atoms with E-state index >= 15 is 0 Å². The zero-order valence-electron chi connectivity index (χ0n) is 14.9. The van der Waals surface area contributed by atoms with E-state index in [4.69, 9.17) is 5.73 Å². The van der Waals surface area contributed by atoms with Crippen molar-refractivity contribution in [3.05, 3.63) is 89.5 Å². The Kier molecular flexibility index (Phi) is 5.64. The number of nitrogen functional groups attached to an aromatic ring is 1. The molecular weight excluding hydrogens is 340 g/mol. The Labute approximate surface area is 158 Å². The lowest BCUT2D eigenvalue weighted by atomic mass is 10.1. The number of hydrogen-bond acceptors (Lipinski definition) is 3. The van der Waals surface area contributed by atoms with Gasteiger partial charge in [0.15, 0.2) is 0 Å². The van der Waals surface area contributed by atoms with Crippen LogP contribution in [0.15, 0.2) is 77.7 Å². The predicted octanol–water partition coefficient (Wildman–Crippen LogP) is 5.36. The van der Waals surface area contributed by atoms with Crippen LogP contribution in [0.5, 0.6) is 0 Å². The first-order valence-electron chi connectivity index (χ1n) is 8.48. The van der Waals surface area contributed by atoms with Gasteiger partial charge in [0.2, 0.25) is 5.91 Å². The van der Waals surface area contributed by atoms with Gasteiger partial charge in [-0.1, -0.05) is 36.4 Å². The summed E-state index contributed by atoms with van der Waals surface area (Å²) in [7, 11) is 0. The minimum absolute atomic E-state index is 0.0405. The van der Waals surface area contributed by atoms with Crippen molar-refractivity contribution in [2.75, 3.05) is 11.1 Å². The average molecular weight is 362 g/mol. The molecule has 0 fully saturated rings.